The van der Waals surface area contributed by atoms with E-state index in [1.807, 2.05) is 48.5 Å². The lowest BCUT2D eigenvalue weighted by Gasteiger charge is -2.20. The number of primary amides is 1. The Labute approximate surface area is 153 Å². The lowest BCUT2D eigenvalue weighted by atomic mass is 9.91. The van der Waals surface area contributed by atoms with Crippen molar-refractivity contribution in [2.75, 3.05) is 11.9 Å². The van der Waals surface area contributed by atoms with E-state index in [0.717, 1.165) is 30.8 Å². The molecule has 1 aliphatic rings. The maximum atomic E-state index is 12.8. The second kappa shape index (κ2) is 7.97. The summed E-state index contributed by atoms with van der Waals surface area (Å²) in [7, 11) is 0. The van der Waals surface area contributed by atoms with Gasteiger partial charge in [0.1, 0.15) is 0 Å². The van der Waals surface area contributed by atoms with Gasteiger partial charge in [0.25, 0.3) is 0 Å². The Morgan fingerprint density at radius 1 is 1.15 bits per heavy atom. The number of rotatable bonds is 6. The van der Waals surface area contributed by atoms with E-state index in [0.29, 0.717) is 6.42 Å². The standard InChI is InChI=1S/C21H23N3O2/c1-14(20(22)25)19(11-15-5-3-2-4-6-15)21(26)24-18-8-7-17-13-23-10-9-16(17)12-18/h2-8,12,19,23H,1,9-11,13H2,(H2,22,25)(H,24,26)/t19-/m0/s1. The monoisotopic (exact) mass is 349 g/mol. The fraction of sp³-hybridized carbons (Fsp3) is 0.238. The number of hydrogen-bond acceptors (Lipinski definition) is 3. The largest absolute Gasteiger partial charge is 0.366 e. The third-order valence-corrected chi connectivity index (χ3v) is 4.70. The normalized spacial score (nSPS) is 14.2. The predicted octanol–water partition coefficient (Wildman–Crippen LogP) is 2.17. The van der Waals surface area contributed by atoms with Crippen molar-refractivity contribution in [3.8, 4) is 0 Å². The summed E-state index contributed by atoms with van der Waals surface area (Å²) in [6.45, 7) is 5.52. The summed E-state index contributed by atoms with van der Waals surface area (Å²) in [4.78, 5) is 24.5. The number of anilines is 1. The van der Waals surface area contributed by atoms with Gasteiger partial charge in [-0.3, -0.25) is 9.59 Å². The molecule has 0 bridgehead atoms. The minimum absolute atomic E-state index is 0.119. The Morgan fingerprint density at radius 2 is 1.92 bits per heavy atom. The minimum atomic E-state index is -0.701. The summed E-state index contributed by atoms with van der Waals surface area (Å²) in [5.74, 6) is -1.63. The first-order valence-corrected chi connectivity index (χ1v) is 8.70. The van der Waals surface area contributed by atoms with Crippen LogP contribution in [-0.2, 0) is 29.0 Å². The number of carbonyl (C=O) groups excluding carboxylic acids is 2. The molecule has 0 fully saturated rings. The van der Waals surface area contributed by atoms with Gasteiger partial charge in [0.2, 0.25) is 11.8 Å². The number of fused-ring (bicyclic) bond motifs is 1. The zero-order valence-corrected chi connectivity index (χ0v) is 14.6. The molecule has 1 atom stereocenters. The molecular formula is C21H23N3O2. The van der Waals surface area contributed by atoms with Crippen LogP contribution in [0.5, 0.6) is 0 Å². The highest BCUT2D eigenvalue weighted by atomic mass is 16.2. The minimum Gasteiger partial charge on any atom is -0.366 e. The summed E-state index contributed by atoms with van der Waals surface area (Å²) < 4.78 is 0. The molecule has 2 aromatic carbocycles. The van der Waals surface area contributed by atoms with Gasteiger partial charge in [0.05, 0.1) is 5.92 Å². The van der Waals surface area contributed by atoms with Gasteiger partial charge in [-0.2, -0.15) is 0 Å². The van der Waals surface area contributed by atoms with Crippen LogP contribution in [0.1, 0.15) is 16.7 Å². The second-order valence-corrected chi connectivity index (χ2v) is 6.53. The van der Waals surface area contributed by atoms with Crippen molar-refractivity contribution in [2.24, 2.45) is 11.7 Å². The summed E-state index contributed by atoms with van der Waals surface area (Å²) in [6, 6.07) is 15.4. The second-order valence-electron chi connectivity index (χ2n) is 6.53. The molecule has 1 aliphatic heterocycles. The summed E-state index contributed by atoms with van der Waals surface area (Å²) in [5, 5.41) is 6.24. The van der Waals surface area contributed by atoms with Crippen molar-refractivity contribution < 1.29 is 9.59 Å². The van der Waals surface area contributed by atoms with Crippen molar-refractivity contribution in [2.45, 2.75) is 19.4 Å². The molecule has 5 heteroatoms. The van der Waals surface area contributed by atoms with Gasteiger partial charge in [0, 0.05) is 17.8 Å². The molecule has 3 rings (SSSR count). The highest BCUT2D eigenvalue weighted by Crippen LogP contribution is 2.22. The number of nitrogens with one attached hydrogen (secondary N) is 2. The molecule has 0 unspecified atom stereocenters. The molecule has 26 heavy (non-hydrogen) atoms. The quantitative estimate of drug-likeness (QED) is 0.699. The molecule has 0 radical (unpaired) electrons. The van der Waals surface area contributed by atoms with Gasteiger partial charge in [-0.05, 0) is 48.2 Å². The smallest absolute Gasteiger partial charge is 0.244 e. The highest BCUT2D eigenvalue weighted by Gasteiger charge is 2.25. The SMILES string of the molecule is C=C(C(N)=O)[C@H](Cc1ccccc1)C(=O)Nc1ccc2c(c1)CCNC2. The molecule has 2 aromatic rings. The number of amides is 2. The molecule has 0 aromatic heterocycles. The molecule has 134 valence electrons. The van der Waals surface area contributed by atoms with Crippen LogP contribution in [0.2, 0.25) is 0 Å². The average molecular weight is 349 g/mol. The molecule has 1 heterocycles. The Balaban J connectivity index is 1.78. The van der Waals surface area contributed by atoms with E-state index in [1.165, 1.54) is 11.1 Å². The number of hydrogen-bond donors (Lipinski definition) is 3. The van der Waals surface area contributed by atoms with Gasteiger partial charge in [-0.25, -0.2) is 0 Å². The van der Waals surface area contributed by atoms with E-state index in [9.17, 15) is 9.59 Å². The molecule has 0 spiro atoms. The van der Waals surface area contributed by atoms with Crippen LogP contribution in [0.15, 0.2) is 60.7 Å². The predicted molar refractivity (Wildman–Crippen MR) is 102 cm³/mol. The van der Waals surface area contributed by atoms with Crippen molar-refractivity contribution in [3.05, 3.63) is 77.4 Å². The van der Waals surface area contributed by atoms with E-state index in [2.05, 4.69) is 17.2 Å². The molecule has 4 N–H and O–H groups in total. The first-order valence-electron chi connectivity index (χ1n) is 8.70. The summed E-state index contributed by atoms with van der Waals surface area (Å²) in [6.07, 6.45) is 1.31. The third kappa shape index (κ3) is 4.18. The Bertz CT molecular complexity index is 830. The fourth-order valence-corrected chi connectivity index (χ4v) is 3.18. The van der Waals surface area contributed by atoms with Crippen LogP contribution in [0.3, 0.4) is 0 Å². The topological polar surface area (TPSA) is 84.2 Å². The maximum Gasteiger partial charge on any atom is 0.244 e. The number of benzene rings is 2. The van der Waals surface area contributed by atoms with Gasteiger partial charge in [-0.15, -0.1) is 0 Å². The van der Waals surface area contributed by atoms with Gasteiger partial charge >= 0.3 is 0 Å². The molecule has 0 aliphatic carbocycles. The summed E-state index contributed by atoms with van der Waals surface area (Å²) in [5.41, 5.74) is 9.66. The Hall–Kier alpha value is -2.92. The fourth-order valence-electron chi connectivity index (χ4n) is 3.18. The van der Waals surface area contributed by atoms with Gasteiger partial charge in [-0.1, -0.05) is 43.0 Å². The zero-order chi connectivity index (χ0) is 18.5. The Morgan fingerprint density at radius 3 is 2.65 bits per heavy atom. The first kappa shape index (κ1) is 17.9. The lowest BCUT2D eigenvalue weighted by Crippen LogP contribution is -2.31. The van der Waals surface area contributed by atoms with Crippen LogP contribution in [0.4, 0.5) is 5.69 Å². The van der Waals surface area contributed by atoms with E-state index >= 15 is 0 Å². The first-order chi connectivity index (χ1) is 12.5. The molecule has 2 amide bonds. The van der Waals surface area contributed by atoms with E-state index in [4.69, 9.17) is 5.73 Å². The van der Waals surface area contributed by atoms with Gasteiger partial charge < -0.3 is 16.4 Å². The molecule has 0 saturated heterocycles. The van der Waals surface area contributed by atoms with E-state index in [1.54, 1.807) is 0 Å². The van der Waals surface area contributed by atoms with Crippen molar-refractivity contribution >= 4 is 17.5 Å². The number of carbonyl (C=O) groups is 2. The van der Waals surface area contributed by atoms with Gasteiger partial charge in [0.15, 0.2) is 0 Å². The zero-order valence-electron chi connectivity index (χ0n) is 14.6. The maximum absolute atomic E-state index is 12.8. The van der Waals surface area contributed by atoms with Crippen molar-refractivity contribution in [1.29, 1.82) is 0 Å². The average Bonchev–Trinajstić information content (AvgIpc) is 2.66. The Kier molecular flexibility index (Phi) is 5.49. The number of nitrogens with two attached hydrogens (primary N) is 1. The highest BCUT2D eigenvalue weighted by molar-refractivity contribution is 6.03. The van der Waals surface area contributed by atoms with Crippen LogP contribution < -0.4 is 16.4 Å². The molecule has 0 saturated carbocycles. The van der Waals surface area contributed by atoms with Crippen LogP contribution >= 0.6 is 0 Å². The van der Waals surface area contributed by atoms with Crippen LogP contribution in [-0.4, -0.2) is 18.4 Å². The van der Waals surface area contributed by atoms with Crippen molar-refractivity contribution in [1.82, 2.24) is 5.32 Å². The molecular weight excluding hydrogens is 326 g/mol. The van der Waals surface area contributed by atoms with E-state index < -0.39 is 11.8 Å². The third-order valence-electron chi connectivity index (χ3n) is 4.70. The van der Waals surface area contributed by atoms with Crippen molar-refractivity contribution in [3.63, 3.8) is 0 Å². The lowest BCUT2D eigenvalue weighted by molar-refractivity contribution is -0.122. The van der Waals surface area contributed by atoms with Crippen LogP contribution in [0.25, 0.3) is 0 Å². The molecule has 5 nitrogen and oxygen atoms in total. The summed E-state index contributed by atoms with van der Waals surface area (Å²) >= 11 is 0. The van der Waals surface area contributed by atoms with Crippen LogP contribution in [0, 0.1) is 5.92 Å². The van der Waals surface area contributed by atoms with E-state index in [-0.39, 0.29) is 11.5 Å².